The fourth-order valence-corrected chi connectivity index (χ4v) is 2.07. The first-order chi connectivity index (χ1) is 10.5. The molecule has 0 aliphatic carbocycles. The van der Waals surface area contributed by atoms with Crippen LogP contribution in [0.2, 0.25) is 0 Å². The summed E-state index contributed by atoms with van der Waals surface area (Å²) in [6, 6.07) is 11.7. The van der Waals surface area contributed by atoms with Gasteiger partial charge >= 0.3 is 0 Å². The van der Waals surface area contributed by atoms with E-state index in [1.54, 1.807) is 14.0 Å². The van der Waals surface area contributed by atoms with Gasteiger partial charge in [-0.25, -0.2) is 0 Å². The summed E-state index contributed by atoms with van der Waals surface area (Å²) >= 11 is 0. The van der Waals surface area contributed by atoms with E-state index in [1.165, 1.54) is 18.2 Å². The highest BCUT2D eigenvalue weighted by Gasteiger charge is 2.13. The van der Waals surface area contributed by atoms with Crippen LogP contribution in [0.15, 0.2) is 42.5 Å². The number of methoxy groups -OCH3 is 1. The molecule has 0 aliphatic rings. The Hall–Kier alpha value is -2.89. The van der Waals surface area contributed by atoms with Crippen molar-refractivity contribution in [1.82, 2.24) is 5.32 Å². The highest BCUT2D eigenvalue weighted by molar-refractivity contribution is 5.94. The summed E-state index contributed by atoms with van der Waals surface area (Å²) in [5.41, 5.74) is 1.76. The van der Waals surface area contributed by atoms with Crippen LogP contribution in [-0.2, 0) is 6.54 Å². The van der Waals surface area contributed by atoms with Crippen LogP contribution in [0.4, 0.5) is 5.69 Å². The summed E-state index contributed by atoms with van der Waals surface area (Å²) in [6.07, 6.45) is 0. The third-order valence-corrected chi connectivity index (χ3v) is 3.24. The van der Waals surface area contributed by atoms with E-state index in [1.807, 2.05) is 24.3 Å². The molecule has 0 bridgehead atoms. The second kappa shape index (κ2) is 6.71. The first-order valence-electron chi connectivity index (χ1n) is 6.67. The van der Waals surface area contributed by atoms with Crippen LogP contribution in [-0.4, -0.2) is 17.9 Å². The van der Waals surface area contributed by atoms with E-state index in [0.717, 1.165) is 11.3 Å². The lowest BCUT2D eigenvalue weighted by molar-refractivity contribution is -0.385. The van der Waals surface area contributed by atoms with Crippen molar-refractivity contribution in [2.75, 3.05) is 7.11 Å². The van der Waals surface area contributed by atoms with E-state index in [-0.39, 0.29) is 11.6 Å². The number of carbonyl (C=O) groups excluding carboxylic acids is 1. The zero-order chi connectivity index (χ0) is 16.1. The minimum Gasteiger partial charge on any atom is -0.497 e. The third-order valence-electron chi connectivity index (χ3n) is 3.24. The average Bonchev–Trinajstić information content (AvgIpc) is 2.52. The van der Waals surface area contributed by atoms with Gasteiger partial charge < -0.3 is 10.1 Å². The molecule has 0 spiro atoms. The van der Waals surface area contributed by atoms with Crippen molar-refractivity contribution >= 4 is 11.6 Å². The Bertz CT molecular complexity index is 713. The number of nitro groups is 1. The van der Waals surface area contributed by atoms with Gasteiger partial charge in [0.1, 0.15) is 5.75 Å². The Labute approximate surface area is 127 Å². The van der Waals surface area contributed by atoms with Crippen molar-refractivity contribution in [1.29, 1.82) is 0 Å². The molecule has 0 saturated heterocycles. The summed E-state index contributed by atoms with van der Waals surface area (Å²) in [4.78, 5) is 22.4. The van der Waals surface area contributed by atoms with Crippen molar-refractivity contribution in [3.8, 4) is 5.75 Å². The van der Waals surface area contributed by atoms with Crippen LogP contribution >= 0.6 is 0 Å². The van der Waals surface area contributed by atoms with Crippen molar-refractivity contribution < 1.29 is 14.5 Å². The van der Waals surface area contributed by atoms with Crippen LogP contribution in [0.1, 0.15) is 21.5 Å². The fraction of sp³-hybridized carbons (Fsp3) is 0.188. The molecule has 1 N–H and O–H groups in total. The van der Waals surface area contributed by atoms with Crippen molar-refractivity contribution in [2.24, 2.45) is 0 Å². The topological polar surface area (TPSA) is 81.5 Å². The molecular weight excluding hydrogens is 284 g/mol. The smallest absolute Gasteiger partial charge is 0.272 e. The molecule has 2 rings (SSSR count). The van der Waals surface area contributed by atoms with Gasteiger partial charge in [0.25, 0.3) is 11.6 Å². The largest absolute Gasteiger partial charge is 0.497 e. The van der Waals surface area contributed by atoms with E-state index >= 15 is 0 Å². The van der Waals surface area contributed by atoms with E-state index in [0.29, 0.717) is 17.7 Å². The molecule has 0 radical (unpaired) electrons. The summed E-state index contributed by atoms with van der Waals surface area (Å²) in [5, 5.41) is 13.5. The number of hydrogen-bond donors (Lipinski definition) is 1. The highest BCUT2D eigenvalue weighted by Crippen LogP contribution is 2.19. The molecular formula is C16H16N2O4. The van der Waals surface area contributed by atoms with Gasteiger partial charge in [0.15, 0.2) is 0 Å². The Kier molecular flexibility index (Phi) is 4.73. The predicted octanol–water partition coefficient (Wildman–Crippen LogP) is 2.84. The summed E-state index contributed by atoms with van der Waals surface area (Å²) in [7, 11) is 1.58. The number of hydrogen-bond acceptors (Lipinski definition) is 4. The number of benzene rings is 2. The summed E-state index contributed by atoms with van der Waals surface area (Å²) in [6.45, 7) is 1.96. The molecule has 6 nitrogen and oxygen atoms in total. The Balaban J connectivity index is 2.06. The second-order valence-electron chi connectivity index (χ2n) is 4.79. The average molecular weight is 300 g/mol. The molecule has 0 heterocycles. The molecule has 0 aromatic heterocycles. The van der Waals surface area contributed by atoms with Crippen LogP contribution in [0, 0.1) is 17.0 Å². The molecule has 2 aromatic rings. The number of carbonyl (C=O) groups is 1. The van der Waals surface area contributed by atoms with Crippen LogP contribution < -0.4 is 10.1 Å². The molecule has 1 amide bonds. The molecule has 2 aromatic carbocycles. The molecule has 0 unspecified atom stereocenters. The normalized spacial score (nSPS) is 10.1. The van der Waals surface area contributed by atoms with Gasteiger partial charge in [-0.1, -0.05) is 12.1 Å². The standard InChI is InChI=1S/C16H16N2O4/c1-11-8-13(6-7-15(11)18(20)21)16(19)17-10-12-4-3-5-14(9-12)22-2/h3-9H,10H2,1-2H3,(H,17,19). The molecule has 0 saturated carbocycles. The first kappa shape index (κ1) is 15.5. The lowest BCUT2D eigenvalue weighted by atomic mass is 10.1. The third kappa shape index (κ3) is 3.60. The number of nitrogens with one attached hydrogen (secondary N) is 1. The Morgan fingerprint density at radius 3 is 2.68 bits per heavy atom. The molecule has 0 aliphatic heterocycles. The SMILES string of the molecule is COc1cccc(CNC(=O)c2ccc([N+](=O)[O-])c(C)c2)c1. The van der Waals surface area contributed by atoms with Crippen LogP contribution in [0.5, 0.6) is 5.75 Å². The maximum Gasteiger partial charge on any atom is 0.272 e. The maximum absolute atomic E-state index is 12.1. The molecule has 6 heteroatoms. The minimum absolute atomic E-state index is 0.00402. The van der Waals surface area contributed by atoms with E-state index in [9.17, 15) is 14.9 Å². The highest BCUT2D eigenvalue weighted by atomic mass is 16.6. The van der Waals surface area contributed by atoms with Crippen LogP contribution in [0.3, 0.4) is 0 Å². The van der Waals surface area contributed by atoms with Gasteiger partial charge in [-0.3, -0.25) is 14.9 Å². The summed E-state index contributed by atoms with van der Waals surface area (Å²) in [5.74, 6) is 0.443. The zero-order valence-electron chi connectivity index (χ0n) is 12.3. The molecule has 0 fully saturated rings. The first-order valence-corrected chi connectivity index (χ1v) is 6.67. The minimum atomic E-state index is -0.465. The predicted molar refractivity (Wildman–Crippen MR) is 82.0 cm³/mol. The zero-order valence-corrected chi connectivity index (χ0v) is 12.3. The van der Waals surface area contributed by atoms with Gasteiger partial charge in [-0.05, 0) is 36.8 Å². The van der Waals surface area contributed by atoms with E-state index in [2.05, 4.69) is 5.32 Å². The molecule has 0 atom stereocenters. The van der Waals surface area contributed by atoms with Crippen molar-refractivity contribution in [2.45, 2.75) is 13.5 Å². The fourth-order valence-electron chi connectivity index (χ4n) is 2.07. The number of amides is 1. The van der Waals surface area contributed by atoms with Gasteiger partial charge in [-0.15, -0.1) is 0 Å². The molecule has 114 valence electrons. The number of aryl methyl sites for hydroxylation is 1. The van der Waals surface area contributed by atoms with Gasteiger partial charge in [0, 0.05) is 23.7 Å². The van der Waals surface area contributed by atoms with Crippen molar-refractivity contribution in [3.63, 3.8) is 0 Å². The Morgan fingerprint density at radius 2 is 2.05 bits per heavy atom. The molecule has 22 heavy (non-hydrogen) atoms. The number of ether oxygens (including phenoxy) is 1. The van der Waals surface area contributed by atoms with Gasteiger partial charge in [-0.2, -0.15) is 0 Å². The van der Waals surface area contributed by atoms with Gasteiger partial charge in [0.2, 0.25) is 0 Å². The lowest BCUT2D eigenvalue weighted by Gasteiger charge is -2.07. The summed E-state index contributed by atoms with van der Waals surface area (Å²) < 4.78 is 5.12. The van der Waals surface area contributed by atoms with E-state index < -0.39 is 4.92 Å². The maximum atomic E-state index is 12.1. The number of nitrogens with zero attached hydrogens (tertiary/aromatic N) is 1. The lowest BCUT2D eigenvalue weighted by Crippen LogP contribution is -2.22. The monoisotopic (exact) mass is 300 g/mol. The number of rotatable bonds is 5. The van der Waals surface area contributed by atoms with Crippen LogP contribution in [0.25, 0.3) is 0 Å². The quantitative estimate of drug-likeness (QED) is 0.680. The number of nitro benzene ring substituents is 1. The van der Waals surface area contributed by atoms with Gasteiger partial charge in [0.05, 0.1) is 12.0 Å². The van der Waals surface area contributed by atoms with Crippen molar-refractivity contribution in [3.05, 3.63) is 69.3 Å². The Morgan fingerprint density at radius 1 is 1.27 bits per heavy atom. The second-order valence-corrected chi connectivity index (χ2v) is 4.79. The van der Waals surface area contributed by atoms with E-state index in [4.69, 9.17) is 4.74 Å².